The van der Waals surface area contributed by atoms with E-state index in [0.717, 1.165) is 19.4 Å². The molecule has 2 aliphatic rings. The number of anilines is 1. The van der Waals surface area contributed by atoms with Crippen molar-refractivity contribution < 1.29 is 13.9 Å². The van der Waals surface area contributed by atoms with E-state index in [0.29, 0.717) is 38.4 Å². The first-order valence-electron chi connectivity index (χ1n) is 8.27. The minimum atomic E-state index is -0.508. The van der Waals surface area contributed by atoms with Crippen LogP contribution in [-0.2, 0) is 4.74 Å². The lowest BCUT2D eigenvalue weighted by molar-refractivity contribution is 0.108. The van der Waals surface area contributed by atoms with Crippen molar-refractivity contribution in [3.8, 4) is 6.07 Å². The number of rotatable bonds is 3. The second kappa shape index (κ2) is 7.49. The van der Waals surface area contributed by atoms with Crippen LogP contribution in [0.4, 0.5) is 14.9 Å². The van der Waals surface area contributed by atoms with Crippen molar-refractivity contribution in [1.29, 1.82) is 5.26 Å². The second-order valence-electron chi connectivity index (χ2n) is 6.04. The summed E-state index contributed by atoms with van der Waals surface area (Å²) in [4.78, 5) is 15.9. The van der Waals surface area contributed by atoms with Crippen LogP contribution in [0, 0.1) is 17.1 Å². The predicted octanol–water partition coefficient (Wildman–Crippen LogP) is 1.71. The number of nitrogens with zero attached hydrogens (tertiary/aromatic N) is 3. The lowest BCUT2D eigenvalue weighted by atomic mass is 10.1. The average molecular weight is 332 g/mol. The molecule has 2 saturated heterocycles. The Morgan fingerprint density at radius 3 is 2.83 bits per heavy atom. The van der Waals surface area contributed by atoms with Gasteiger partial charge in [-0.1, -0.05) is 6.07 Å². The van der Waals surface area contributed by atoms with Crippen LogP contribution in [0.25, 0.3) is 0 Å². The molecule has 0 spiro atoms. The number of hydrogen-bond donors (Lipinski definition) is 1. The molecule has 0 bridgehead atoms. The maximum atomic E-state index is 13.7. The number of carbonyl (C=O) groups is 1. The topological polar surface area (TPSA) is 68.6 Å². The summed E-state index contributed by atoms with van der Waals surface area (Å²) in [5, 5.41) is 12.1. The van der Waals surface area contributed by atoms with Gasteiger partial charge in [0.05, 0.1) is 11.8 Å². The van der Waals surface area contributed by atoms with E-state index in [2.05, 4.69) is 5.32 Å². The maximum Gasteiger partial charge on any atom is 0.317 e. The number of nitrogens with one attached hydrogen (secondary N) is 1. The average Bonchev–Trinajstić information content (AvgIpc) is 3.13. The second-order valence-corrected chi connectivity index (χ2v) is 6.04. The van der Waals surface area contributed by atoms with Crippen molar-refractivity contribution in [1.82, 2.24) is 10.2 Å². The zero-order valence-corrected chi connectivity index (χ0v) is 13.5. The van der Waals surface area contributed by atoms with Crippen LogP contribution >= 0.6 is 0 Å². The number of benzene rings is 1. The lowest BCUT2D eigenvalue weighted by Crippen LogP contribution is -2.52. The van der Waals surface area contributed by atoms with Crippen molar-refractivity contribution in [2.24, 2.45) is 0 Å². The molecule has 3 rings (SSSR count). The number of urea groups is 1. The third kappa shape index (κ3) is 3.60. The molecule has 2 fully saturated rings. The molecule has 0 aromatic heterocycles. The summed E-state index contributed by atoms with van der Waals surface area (Å²) in [6.45, 7) is 3.55. The molecule has 0 unspecified atom stereocenters. The fourth-order valence-corrected chi connectivity index (χ4v) is 3.16. The van der Waals surface area contributed by atoms with Gasteiger partial charge in [0, 0.05) is 39.3 Å². The fraction of sp³-hybridized carbons (Fsp3) is 0.529. The Bertz CT molecular complexity index is 632. The Morgan fingerprint density at radius 1 is 1.38 bits per heavy atom. The van der Waals surface area contributed by atoms with E-state index in [9.17, 15) is 9.18 Å². The molecular formula is C17H21FN4O2. The molecule has 128 valence electrons. The quantitative estimate of drug-likeness (QED) is 0.915. The molecule has 2 heterocycles. The fourth-order valence-electron chi connectivity index (χ4n) is 3.16. The third-order valence-corrected chi connectivity index (χ3v) is 4.52. The standard InChI is InChI=1S/C17H21FN4O2/c18-15-4-1-5-16(14(15)11-19)21-6-8-22(9-7-21)17(23)20-12-13-3-2-10-24-13/h1,4-5,13H,2-3,6-10,12H2,(H,20,23)/t13-/m0/s1. The number of ether oxygens (including phenoxy) is 1. The number of piperazine rings is 1. The van der Waals surface area contributed by atoms with Gasteiger partial charge in [-0.2, -0.15) is 5.26 Å². The van der Waals surface area contributed by atoms with Crippen molar-refractivity contribution in [3.05, 3.63) is 29.6 Å². The molecule has 7 heteroatoms. The van der Waals surface area contributed by atoms with Crippen LogP contribution in [-0.4, -0.2) is 56.4 Å². The Morgan fingerprint density at radius 2 is 2.17 bits per heavy atom. The van der Waals surface area contributed by atoms with Gasteiger partial charge in [0.1, 0.15) is 17.4 Å². The van der Waals surface area contributed by atoms with Gasteiger partial charge in [-0.3, -0.25) is 0 Å². The SMILES string of the molecule is N#Cc1c(F)cccc1N1CCN(C(=O)NC[C@@H]2CCCO2)CC1. The first-order valence-corrected chi connectivity index (χ1v) is 8.27. The van der Waals surface area contributed by atoms with E-state index in [1.54, 1.807) is 17.0 Å². The van der Waals surface area contributed by atoms with E-state index in [-0.39, 0.29) is 17.7 Å². The van der Waals surface area contributed by atoms with Crippen molar-refractivity contribution >= 4 is 11.7 Å². The Kier molecular flexibility index (Phi) is 5.16. The van der Waals surface area contributed by atoms with Crippen molar-refractivity contribution in [2.75, 3.05) is 44.2 Å². The third-order valence-electron chi connectivity index (χ3n) is 4.52. The smallest absolute Gasteiger partial charge is 0.317 e. The zero-order chi connectivity index (χ0) is 16.9. The first kappa shape index (κ1) is 16.5. The minimum Gasteiger partial charge on any atom is -0.376 e. The molecule has 1 atom stereocenters. The summed E-state index contributed by atoms with van der Waals surface area (Å²) in [5.41, 5.74) is 0.658. The van der Waals surface area contributed by atoms with Crippen molar-refractivity contribution in [2.45, 2.75) is 18.9 Å². The lowest BCUT2D eigenvalue weighted by Gasteiger charge is -2.36. The van der Waals surface area contributed by atoms with Crippen LogP contribution in [0.5, 0.6) is 0 Å². The van der Waals surface area contributed by atoms with E-state index in [1.165, 1.54) is 6.07 Å². The number of halogens is 1. The monoisotopic (exact) mass is 332 g/mol. The molecule has 1 aromatic rings. The summed E-state index contributed by atoms with van der Waals surface area (Å²) in [6, 6.07) is 6.47. The van der Waals surface area contributed by atoms with Gasteiger partial charge in [0.2, 0.25) is 0 Å². The highest BCUT2D eigenvalue weighted by atomic mass is 19.1. The Balaban J connectivity index is 1.53. The summed E-state index contributed by atoms with van der Waals surface area (Å²) in [7, 11) is 0. The number of hydrogen-bond acceptors (Lipinski definition) is 4. The van der Waals surface area contributed by atoms with Gasteiger partial charge in [0.15, 0.2) is 0 Å². The van der Waals surface area contributed by atoms with Crippen LogP contribution in [0.3, 0.4) is 0 Å². The summed E-state index contributed by atoms with van der Waals surface area (Å²) < 4.78 is 19.2. The zero-order valence-electron chi connectivity index (χ0n) is 13.5. The van der Waals surface area contributed by atoms with Gasteiger partial charge in [-0.05, 0) is 25.0 Å². The van der Waals surface area contributed by atoms with E-state index >= 15 is 0 Å². The maximum absolute atomic E-state index is 13.7. The van der Waals surface area contributed by atoms with Crippen LogP contribution in [0.2, 0.25) is 0 Å². The molecule has 0 aliphatic carbocycles. The van der Waals surface area contributed by atoms with Gasteiger partial charge in [-0.25, -0.2) is 9.18 Å². The van der Waals surface area contributed by atoms with E-state index < -0.39 is 5.82 Å². The summed E-state index contributed by atoms with van der Waals surface area (Å²) >= 11 is 0. The van der Waals surface area contributed by atoms with Gasteiger partial charge < -0.3 is 19.9 Å². The van der Waals surface area contributed by atoms with Crippen molar-refractivity contribution in [3.63, 3.8) is 0 Å². The molecule has 2 amide bonds. The predicted molar refractivity (Wildman–Crippen MR) is 87.3 cm³/mol. The number of nitriles is 1. The Hall–Kier alpha value is -2.33. The minimum absolute atomic E-state index is 0.0637. The highest BCUT2D eigenvalue weighted by molar-refractivity contribution is 5.74. The van der Waals surface area contributed by atoms with Crippen LogP contribution in [0.15, 0.2) is 18.2 Å². The molecule has 0 saturated carbocycles. The number of carbonyl (C=O) groups excluding carboxylic acids is 1. The molecular weight excluding hydrogens is 311 g/mol. The van der Waals surface area contributed by atoms with Crippen LogP contribution < -0.4 is 10.2 Å². The highest BCUT2D eigenvalue weighted by Gasteiger charge is 2.24. The molecule has 24 heavy (non-hydrogen) atoms. The van der Waals surface area contributed by atoms with Gasteiger partial charge >= 0.3 is 6.03 Å². The normalized spacial score (nSPS) is 20.8. The summed E-state index contributed by atoms with van der Waals surface area (Å²) in [5.74, 6) is -0.508. The van der Waals surface area contributed by atoms with E-state index in [4.69, 9.17) is 10.00 Å². The molecule has 0 radical (unpaired) electrons. The molecule has 1 N–H and O–H groups in total. The van der Waals surface area contributed by atoms with Gasteiger partial charge in [-0.15, -0.1) is 0 Å². The van der Waals surface area contributed by atoms with Crippen LogP contribution in [0.1, 0.15) is 18.4 Å². The first-order chi connectivity index (χ1) is 11.7. The molecule has 2 aliphatic heterocycles. The van der Waals surface area contributed by atoms with E-state index in [1.807, 2.05) is 11.0 Å². The highest BCUT2D eigenvalue weighted by Crippen LogP contribution is 2.23. The summed E-state index contributed by atoms with van der Waals surface area (Å²) in [6.07, 6.45) is 2.17. The Labute approximate surface area is 140 Å². The largest absolute Gasteiger partial charge is 0.376 e. The molecule has 1 aromatic carbocycles. The molecule has 6 nitrogen and oxygen atoms in total. The number of amides is 2. The van der Waals surface area contributed by atoms with Gasteiger partial charge in [0.25, 0.3) is 0 Å².